The molecule has 0 aliphatic carbocycles. The summed E-state index contributed by atoms with van der Waals surface area (Å²) >= 11 is 0. The van der Waals surface area contributed by atoms with Gasteiger partial charge in [0.25, 0.3) is 0 Å². The topological polar surface area (TPSA) is 52.1 Å². The zero-order chi connectivity index (χ0) is 20.6. The number of likely N-dealkylation sites (N-methyl/N-ethyl adjacent to an activating group) is 1. The molecule has 9 heteroatoms. The van der Waals surface area contributed by atoms with Crippen molar-refractivity contribution in [2.75, 3.05) is 53.9 Å². The second-order valence-corrected chi connectivity index (χ2v) is 7.21. The minimum absolute atomic E-state index is 0.0470. The smallest absolute Gasteiger partial charge is 0.401 e. The van der Waals surface area contributed by atoms with Gasteiger partial charge >= 0.3 is 6.18 Å². The fraction of sp³-hybridized carbons (Fsp3) is 0.632. The lowest BCUT2D eigenvalue weighted by atomic mass is 10.2. The third-order valence-electron chi connectivity index (χ3n) is 4.41. The second kappa shape index (κ2) is 10.5. The van der Waals surface area contributed by atoms with Gasteiger partial charge in [0.05, 0.1) is 6.54 Å². The van der Waals surface area contributed by atoms with E-state index in [0.717, 1.165) is 17.9 Å². The zero-order valence-corrected chi connectivity index (χ0v) is 16.7. The first-order chi connectivity index (χ1) is 13.2. The van der Waals surface area contributed by atoms with Crippen LogP contribution in [0.3, 0.4) is 0 Å². The number of nitrogens with one attached hydrogen (secondary N) is 2. The van der Waals surface area contributed by atoms with Crippen molar-refractivity contribution in [2.24, 2.45) is 4.99 Å². The summed E-state index contributed by atoms with van der Waals surface area (Å²) in [5.41, 5.74) is 1.04. The van der Waals surface area contributed by atoms with Crippen molar-refractivity contribution >= 4 is 5.96 Å². The van der Waals surface area contributed by atoms with Crippen molar-refractivity contribution in [1.82, 2.24) is 20.4 Å². The Kier molecular flexibility index (Phi) is 8.37. The van der Waals surface area contributed by atoms with Crippen LogP contribution >= 0.6 is 0 Å². The summed E-state index contributed by atoms with van der Waals surface area (Å²) in [6, 6.07) is 7.76. The highest BCUT2D eigenvalue weighted by Gasteiger charge is 2.34. The van der Waals surface area contributed by atoms with Gasteiger partial charge in [0.2, 0.25) is 0 Å². The normalized spacial score (nSPS) is 18.5. The molecule has 1 aromatic carbocycles. The first kappa shape index (κ1) is 22.3. The van der Waals surface area contributed by atoms with Crippen LogP contribution in [0.4, 0.5) is 13.2 Å². The Morgan fingerprint density at radius 3 is 2.82 bits per heavy atom. The monoisotopic (exact) mass is 401 g/mol. The van der Waals surface area contributed by atoms with Gasteiger partial charge < -0.3 is 20.3 Å². The van der Waals surface area contributed by atoms with E-state index in [4.69, 9.17) is 4.74 Å². The van der Waals surface area contributed by atoms with E-state index in [2.05, 4.69) is 20.5 Å². The number of hydrogen-bond acceptors (Lipinski definition) is 4. The maximum absolute atomic E-state index is 12.5. The summed E-state index contributed by atoms with van der Waals surface area (Å²) in [5, 5.41) is 6.42. The molecular weight excluding hydrogens is 371 g/mol. The number of halogens is 3. The molecule has 28 heavy (non-hydrogen) atoms. The summed E-state index contributed by atoms with van der Waals surface area (Å²) in [6.07, 6.45) is -3.50. The zero-order valence-electron chi connectivity index (χ0n) is 16.7. The number of rotatable bonds is 8. The largest absolute Gasteiger partial charge is 0.492 e. The van der Waals surface area contributed by atoms with Gasteiger partial charge in [-0.3, -0.25) is 9.89 Å². The number of hydrogen-bond donors (Lipinski definition) is 2. The van der Waals surface area contributed by atoms with E-state index in [1.54, 1.807) is 7.05 Å². The number of alkyl halides is 3. The predicted molar refractivity (Wildman–Crippen MR) is 105 cm³/mol. The molecule has 1 atom stereocenters. The van der Waals surface area contributed by atoms with Crippen LogP contribution in [-0.4, -0.2) is 81.9 Å². The average molecular weight is 401 g/mol. The Morgan fingerprint density at radius 2 is 2.14 bits per heavy atom. The lowest BCUT2D eigenvalue weighted by molar-refractivity contribution is -0.143. The Bertz CT molecular complexity index is 636. The maximum atomic E-state index is 12.5. The number of likely N-dealkylation sites (tertiary alicyclic amines) is 1. The van der Waals surface area contributed by atoms with Crippen LogP contribution in [0.5, 0.6) is 5.75 Å². The first-order valence-corrected chi connectivity index (χ1v) is 9.38. The minimum Gasteiger partial charge on any atom is -0.492 e. The van der Waals surface area contributed by atoms with Gasteiger partial charge in [0.15, 0.2) is 5.96 Å². The number of ether oxygens (including phenoxy) is 1. The van der Waals surface area contributed by atoms with Crippen LogP contribution in [0.25, 0.3) is 0 Å². The van der Waals surface area contributed by atoms with Crippen molar-refractivity contribution in [1.29, 1.82) is 0 Å². The fourth-order valence-corrected chi connectivity index (χ4v) is 3.01. The molecule has 0 saturated carbocycles. The molecule has 1 aromatic rings. The van der Waals surface area contributed by atoms with Crippen molar-refractivity contribution in [3.63, 3.8) is 0 Å². The molecule has 0 amide bonds. The summed E-state index contributed by atoms with van der Waals surface area (Å²) in [5.74, 6) is 1.39. The summed E-state index contributed by atoms with van der Waals surface area (Å²) in [7, 11) is 5.64. The van der Waals surface area contributed by atoms with E-state index < -0.39 is 12.7 Å². The van der Waals surface area contributed by atoms with E-state index in [1.807, 2.05) is 38.4 Å². The third-order valence-corrected chi connectivity index (χ3v) is 4.41. The quantitative estimate of drug-likeness (QED) is 0.515. The van der Waals surface area contributed by atoms with Gasteiger partial charge in [-0.15, -0.1) is 0 Å². The van der Waals surface area contributed by atoms with Gasteiger partial charge in [0, 0.05) is 39.3 Å². The molecule has 1 aliphatic heterocycles. The Hall–Kier alpha value is -2.00. The molecule has 2 rings (SSSR count). The molecular formula is C19H30F3N5O. The highest BCUT2D eigenvalue weighted by Crippen LogP contribution is 2.20. The van der Waals surface area contributed by atoms with Crippen LogP contribution in [0.2, 0.25) is 0 Å². The molecule has 1 fully saturated rings. The van der Waals surface area contributed by atoms with E-state index in [1.165, 1.54) is 4.90 Å². The fourth-order valence-electron chi connectivity index (χ4n) is 3.01. The Morgan fingerprint density at radius 1 is 1.36 bits per heavy atom. The molecule has 1 saturated heterocycles. The highest BCUT2D eigenvalue weighted by atomic mass is 19.4. The molecule has 2 N–H and O–H groups in total. The molecule has 0 spiro atoms. The van der Waals surface area contributed by atoms with Gasteiger partial charge in [-0.2, -0.15) is 13.2 Å². The summed E-state index contributed by atoms with van der Waals surface area (Å²) < 4.78 is 43.3. The van der Waals surface area contributed by atoms with Gasteiger partial charge in [0.1, 0.15) is 12.4 Å². The molecule has 0 bridgehead atoms. The highest BCUT2D eigenvalue weighted by molar-refractivity contribution is 5.80. The van der Waals surface area contributed by atoms with Crippen molar-refractivity contribution in [3.05, 3.63) is 29.8 Å². The average Bonchev–Trinajstić information content (AvgIpc) is 3.03. The predicted octanol–water partition coefficient (Wildman–Crippen LogP) is 1.93. The van der Waals surface area contributed by atoms with Crippen LogP contribution in [-0.2, 0) is 6.54 Å². The van der Waals surface area contributed by atoms with E-state index >= 15 is 0 Å². The Labute approximate surface area is 164 Å². The SMILES string of the molecule is CN=C(NCc1cccc(OCCN(C)C)c1)NC1CCN(CC(F)(F)F)C1. The Balaban J connectivity index is 1.78. The number of benzene rings is 1. The van der Waals surface area contributed by atoms with Gasteiger partial charge in [-0.05, 0) is 38.2 Å². The number of aliphatic imine (C=N–C) groups is 1. The number of nitrogens with zero attached hydrogens (tertiary/aromatic N) is 3. The van der Waals surface area contributed by atoms with Crippen LogP contribution in [0, 0.1) is 0 Å². The molecule has 1 heterocycles. The van der Waals surface area contributed by atoms with Gasteiger partial charge in [-0.1, -0.05) is 12.1 Å². The summed E-state index contributed by atoms with van der Waals surface area (Å²) in [4.78, 5) is 7.65. The van der Waals surface area contributed by atoms with Crippen molar-refractivity contribution < 1.29 is 17.9 Å². The minimum atomic E-state index is -4.16. The van der Waals surface area contributed by atoms with Crippen LogP contribution in [0.1, 0.15) is 12.0 Å². The molecule has 6 nitrogen and oxygen atoms in total. The van der Waals surface area contributed by atoms with E-state index in [9.17, 15) is 13.2 Å². The standard InChI is InChI=1S/C19H30F3N5O/c1-23-18(25-16-7-8-27(13-16)14-19(20,21)22)24-12-15-5-4-6-17(11-15)28-10-9-26(2)3/h4-6,11,16H,7-10,12-14H2,1-3H3,(H2,23,24,25). The molecule has 0 aromatic heterocycles. The summed E-state index contributed by atoms with van der Waals surface area (Å²) in [6.45, 7) is 1.92. The van der Waals surface area contributed by atoms with E-state index in [0.29, 0.717) is 38.6 Å². The van der Waals surface area contributed by atoms with E-state index in [-0.39, 0.29) is 6.04 Å². The lowest BCUT2D eigenvalue weighted by Gasteiger charge is -2.20. The van der Waals surface area contributed by atoms with Gasteiger partial charge in [-0.25, -0.2) is 0 Å². The van der Waals surface area contributed by atoms with Crippen LogP contribution in [0.15, 0.2) is 29.3 Å². The molecule has 158 valence electrons. The van der Waals surface area contributed by atoms with Crippen LogP contribution < -0.4 is 15.4 Å². The third kappa shape index (κ3) is 8.35. The van der Waals surface area contributed by atoms with Crippen molar-refractivity contribution in [3.8, 4) is 5.75 Å². The molecule has 0 radical (unpaired) electrons. The lowest BCUT2D eigenvalue weighted by Crippen LogP contribution is -2.44. The number of guanidine groups is 1. The molecule has 1 aliphatic rings. The maximum Gasteiger partial charge on any atom is 0.401 e. The first-order valence-electron chi connectivity index (χ1n) is 9.38. The van der Waals surface area contributed by atoms with Crippen molar-refractivity contribution in [2.45, 2.75) is 25.2 Å². The second-order valence-electron chi connectivity index (χ2n) is 7.21. The molecule has 1 unspecified atom stereocenters.